The number of rotatable bonds is 6. The Morgan fingerprint density at radius 1 is 1.08 bits per heavy atom. The molecule has 0 radical (unpaired) electrons. The number of carboxylic acid groups (broad SMARTS) is 1. The van der Waals surface area contributed by atoms with E-state index in [1.54, 1.807) is 0 Å². The summed E-state index contributed by atoms with van der Waals surface area (Å²) in [5.74, 6) is 0.164. The van der Waals surface area contributed by atoms with E-state index in [0.29, 0.717) is 0 Å². The Balaban J connectivity index is 0.000000413. The molecule has 1 aliphatic rings. The van der Waals surface area contributed by atoms with Crippen LogP contribution in [0.1, 0.15) is 44.7 Å². The number of hydrogen-bond donors (Lipinski definition) is 1. The smallest absolute Gasteiger partial charge is 0.317 e. The van der Waals surface area contributed by atoms with Gasteiger partial charge in [-0.3, -0.25) is 14.6 Å². The zero-order valence-corrected chi connectivity index (χ0v) is 15.8. The van der Waals surface area contributed by atoms with Crippen LogP contribution in [0.4, 0.5) is 0 Å². The van der Waals surface area contributed by atoms with Crippen LogP contribution < -0.4 is 0 Å². The summed E-state index contributed by atoms with van der Waals surface area (Å²) in [6.07, 6.45) is 2.71. The summed E-state index contributed by atoms with van der Waals surface area (Å²) in [6.45, 7) is 13.5. The number of aliphatic carboxylic acids is 1. The third-order valence-corrected chi connectivity index (χ3v) is 4.22. The maximum Gasteiger partial charge on any atom is 0.317 e. The second-order valence-electron chi connectivity index (χ2n) is 7.11. The minimum atomic E-state index is -0.734. The quantitative estimate of drug-likeness (QED) is 0.862. The van der Waals surface area contributed by atoms with E-state index < -0.39 is 5.97 Å². The van der Waals surface area contributed by atoms with Gasteiger partial charge in [0.15, 0.2) is 0 Å². The summed E-state index contributed by atoms with van der Waals surface area (Å²) in [6, 6.07) is 8.60. The fourth-order valence-corrected chi connectivity index (χ4v) is 2.83. The zero-order valence-electron chi connectivity index (χ0n) is 15.8. The summed E-state index contributed by atoms with van der Waals surface area (Å²) in [7, 11) is 0. The lowest BCUT2D eigenvalue weighted by Gasteiger charge is -2.33. The van der Waals surface area contributed by atoms with Gasteiger partial charge in [0.2, 0.25) is 0 Å². The molecule has 1 aromatic rings. The molecule has 0 saturated carbocycles. The van der Waals surface area contributed by atoms with Crippen molar-refractivity contribution in [2.75, 3.05) is 32.7 Å². The molecule has 136 valence electrons. The van der Waals surface area contributed by atoms with E-state index in [-0.39, 0.29) is 6.54 Å². The summed E-state index contributed by atoms with van der Waals surface area (Å²) < 4.78 is 0. The number of carboxylic acids is 1. The molecule has 1 heterocycles. The highest BCUT2D eigenvalue weighted by Crippen LogP contribution is 2.09. The van der Waals surface area contributed by atoms with Gasteiger partial charge in [0.05, 0.1) is 6.54 Å². The van der Waals surface area contributed by atoms with Crippen molar-refractivity contribution in [2.45, 2.75) is 47.1 Å². The maximum absolute atomic E-state index is 10.6. The fourth-order valence-electron chi connectivity index (χ4n) is 2.83. The summed E-state index contributed by atoms with van der Waals surface area (Å²) >= 11 is 0. The average Bonchev–Trinajstić information content (AvgIpc) is 2.51. The summed E-state index contributed by atoms with van der Waals surface area (Å²) in [5, 5.41) is 8.74. The van der Waals surface area contributed by atoms with Gasteiger partial charge in [-0.15, -0.1) is 0 Å². The number of nitrogens with zero attached hydrogens (tertiary/aromatic N) is 2. The van der Waals surface area contributed by atoms with E-state index in [9.17, 15) is 4.79 Å². The van der Waals surface area contributed by atoms with E-state index >= 15 is 0 Å². The largest absolute Gasteiger partial charge is 0.480 e. The number of hydrogen-bond acceptors (Lipinski definition) is 3. The molecule has 0 bridgehead atoms. The summed E-state index contributed by atoms with van der Waals surface area (Å²) in [5.41, 5.74) is 2.61. The molecule has 1 aliphatic heterocycles. The van der Waals surface area contributed by atoms with E-state index in [0.717, 1.165) is 38.6 Å². The number of benzene rings is 1. The third kappa shape index (κ3) is 9.04. The molecule has 1 fully saturated rings. The van der Waals surface area contributed by atoms with Gasteiger partial charge in [-0.05, 0) is 18.4 Å². The first-order valence-corrected chi connectivity index (χ1v) is 9.12. The highest BCUT2D eigenvalue weighted by molar-refractivity contribution is 5.69. The Labute approximate surface area is 147 Å². The molecule has 2 rings (SSSR count). The van der Waals surface area contributed by atoms with Crippen molar-refractivity contribution in [3.63, 3.8) is 0 Å². The van der Waals surface area contributed by atoms with Gasteiger partial charge >= 0.3 is 5.97 Å². The molecule has 4 nitrogen and oxygen atoms in total. The van der Waals surface area contributed by atoms with E-state index in [2.05, 4.69) is 56.9 Å². The second kappa shape index (κ2) is 11.2. The van der Waals surface area contributed by atoms with Crippen LogP contribution in [0, 0.1) is 12.8 Å². The molecular weight excluding hydrogens is 300 g/mol. The lowest BCUT2D eigenvalue weighted by atomic mass is 10.1. The topological polar surface area (TPSA) is 43.8 Å². The Bertz CT molecular complexity index is 463. The number of aryl methyl sites for hydroxylation is 1. The van der Waals surface area contributed by atoms with Gasteiger partial charge in [-0.2, -0.15) is 0 Å². The highest BCUT2D eigenvalue weighted by Gasteiger charge is 2.18. The van der Waals surface area contributed by atoms with Crippen LogP contribution in [0.2, 0.25) is 0 Å². The molecular formula is C20H34N2O2. The van der Waals surface area contributed by atoms with Gasteiger partial charge in [-0.25, -0.2) is 0 Å². The van der Waals surface area contributed by atoms with Crippen molar-refractivity contribution in [1.29, 1.82) is 0 Å². The van der Waals surface area contributed by atoms with Crippen molar-refractivity contribution in [2.24, 2.45) is 5.92 Å². The maximum atomic E-state index is 10.6. The van der Waals surface area contributed by atoms with Crippen molar-refractivity contribution >= 4 is 5.97 Å². The minimum absolute atomic E-state index is 0.165. The van der Waals surface area contributed by atoms with Crippen LogP contribution in [0.15, 0.2) is 24.3 Å². The molecule has 1 N–H and O–H groups in total. The van der Waals surface area contributed by atoms with Crippen molar-refractivity contribution < 1.29 is 9.90 Å². The van der Waals surface area contributed by atoms with E-state index in [1.807, 2.05) is 4.90 Å². The molecule has 0 atom stereocenters. The molecule has 0 aromatic heterocycles. The number of carbonyl (C=O) groups is 1. The van der Waals surface area contributed by atoms with Crippen LogP contribution in [0.5, 0.6) is 0 Å². The molecule has 24 heavy (non-hydrogen) atoms. The van der Waals surface area contributed by atoms with Crippen LogP contribution in [0.25, 0.3) is 0 Å². The van der Waals surface area contributed by atoms with Gasteiger partial charge in [0.25, 0.3) is 0 Å². The fraction of sp³-hybridized carbons (Fsp3) is 0.650. The Morgan fingerprint density at radius 3 is 2.04 bits per heavy atom. The standard InChI is InChI=1S/C14H20N2O2.C6H14/c1-12-2-4-13(5-3-12)10-15-6-8-16(9-7-15)11-14(17)18;1-4-5-6(2)3/h2-5H,6-11H2,1H3,(H,17,18);6H,4-5H2,1-3H3. The Morgan fingerprint density at radius 2 is 1.62 bits per heavy atom. The first-order chi connectivity index (χ1) is 11.4. The highest BCUT2D eigenvalue weighted by atomic mass is 16.4. The zero-order chi connectivity index (χ0) is 17.9. The van der Waals surface area contributed by atoms with Crippen LogP contribution in [-0.2, 0) is 11.3 Å². The summed E-state index contributed by atoms with van der Waals surface area (Å²) in [4.78, 5) is 15.0. The van der Waals surface area contributed by atoms with Gasteiger partial charge in [-0.1, -0.05) is 63.4 Å². The predicted octanol–water partition coefficient (Wildman–Crippen LogP) is 3.64. The normalized spacial score (nSPS) is 15.9. The Hall–Kier alpha value is -1.39. The molecule has 1 saturated heterocycles. The molecule has 0 amide bonds. The number of piperazine rings is 1. The molecule has 0 spiro atoms. The van der Waals surface area contributed by atoms with Crippen molar-refractivity contribution in [1.82, 2.24) is 9.80 Å². The monoisotopic (exact) mass is 334 g/mol. The molecule has 4 heteroatoms. The SMILES string of the molecule is CCCC(C)C.Cc1ccc(CN2CCN(CC(=O)O)CC2)cc1. The van der Waals surface area contributed by atoms with Gasteiger partial charge in [0, 0.05) is 32.7 Å². The Kier molecular flexibility index (Phi) is 9.65. The predicted molar refractivity (Wildman–Crippen MR) is 100 cm³/mol. The van der Waals surface area contributed by atoms with Crippen molar-refractivity contribution in [3.8, 4) is 0 Å². The van der Waals surface area contributed by atoms with Gasteiger partial charge < -0.3 is 5.11 Å². The van der Waals surface area contributed by atoms with Crippen LogP contribution in [-0.4, -0.2) is 53.6 Å². The first kappa shape index (κ1) is 20.7. The second-order valence-corrected chi connectivity index (χ2v) is 7.11. The molecule has 0 aliphatic carbocycles. The van der Waals surface area contributed by atoms with Crippen LogP contribution >= 0.6 is 0 Å². The van der Waals surface area contributed by atoms with Crippen molar-refractivity contribution in [3.05, 3.63) is 35.4 Å². The van der Waals surface area contributed by atoms with Crippen LogP contribution in [0.3, 0.4) is 0 Å². The lowest BCUT2D eigenvalue weighted by molar-refractivity contribution is -0.138. The lowest BCUT2D eigenvalue weighted by Crippen LogP contribution is -2.47. The first-order valence-electron chi connectivity index (χ1n) is 9.12. The molecule has 0 unspecified atom stereocenters. The third-order valence-electron chi connectivity index (χ3n) is 4.22. The van der Waals surface area contributed by atoms with E-state index in [4.69, 9.17) is 5.11 Å². The van der Waals surface area contributed by atoms with Gasteiger partial charge in [0.1, 0.15) is 0 Å². The average molecular weight is 335 g/mol. The van der Waals surface area contributed by atoms with E-state index in [1.165, 1.54) is 24.0 Å². The minimum Gasteiger partial charge on any atom is -0.480 e. The molecule has 1 aromatic carbocycles.